The second kappa shape index (κ2) is 7.33. The third-order valence-corrected chi connectivity index (χ3v) is 5.01. The van der Waals surface area contributed by atoms with Gasteiger partial charge in [0.05, 0.1) is 5.69 Å². The third-order valence-electron chi connectivity index (χ3n) is 5.01. The lowest BCUT2D eigenvalue weighted by atomic mass is 9.92. The molecule has 1 aliphatic rings. The van der Waals surface area contributed by atoms with Crippen LogP contribution in [0.4, 0.5) is 0 Å². The summed E-state index contributed by atoms with van der Waals surface area (Å²) in [7, 11) is 0. The van der Waals surface area contributed by atoms with Crippen LogP contribution in [0.25, 0.3) is 11.4 Å². The molecular formula is C20H24N6. The number of aryl methyl sites for hydroxylation is 3. The largest absolute Gasteiger partial charge is 0.306 e. The van der Waals surface area contributed by atoms with E-state index in [2.05, 4.69) is 40.4 Å². The van der Waals surface area contributed by atoms with Gasteiger partial charge in [-0.3, -0.25) is 9.67 Å². The van der Waals surface area contributed by atoms with Gasteiger partial charge in [-0.2, -0.15) is 5.10 Å². The van der Waals surface area contributed by atoms with E-state index in [-0.39, 0.29) is 0 Å². The molecule has 0 amide bonds. The van der Waals surface area contributed by atoms with Crippen molar-refractivity contribution < 1.29 is 0 Å². The fourth-order valence-corrected chi connectivity index (χ4v) is 3.52. The Bertz CT molecular complexity index is 887. The first-order valence-corrected chi connectivity index (χ1v) is 9.27. The van der Waals surface area contributed by atoms with Crippen molar-refractivity contribution in [3.63, 3.8) is 0 Å². The first-order chi connectivity index (χ1) is 12.7. The van der Waals surface area contributed by atoms with Crippen molar-refractivity contribution in [2.75, 3.05) is 0 Å². The minimum absolute atomic E-state index is 0.297. The van der Waals surface area contributed by atoms with E-state index in [0.717, 1.165) is 55.1 Å². The molecule has 1 N–H and O–H groups in total. The Morgan fingerprint density at radius 3 is 3.00 bits per heavy atom. The fraction of sp³-hybridized carbons (Fsp3) is 0.400. The molecule has 6 heteroatoms. The zero-order chi connectivity index (χ0) is 17.9. The van der Waals surface area contributed by atoms with Crippen LogP contribution in [0.3, 0.4) is 0 Å². The molecule has 0 spiro atoms. The Labute approximate surface area is 153 Å². The van der Waals surface area contributed by atoms with Crippen molar-refractivity contribution in [1.29, 1.82) is 0 Å². The lowest BCUT2D eigenvalue weighted by Crippen LogP contribution is -2.26. The van der Waals surface area contributed by atoms with Crippen LogP contribution >= 0.6 is 0 Å². The second-order valence-electron chi connectivity index (χ2n) is 6.76. The molecule has 3 heterocycles. The highest BCUT2D eigenvalue weighted by Gasteiger charge is 2.22. The van der Waals surface area contributed by atoms with Gasteiger partial charge in [0, 0.05) is 66.3 Å². The molecule has 0 saturated heterocycles. The molecule has 3 aromatic heterocycles. The molecule has 1 atom stereocenters. The summed E-state index contributed by atoms with van der Waals surface area (Å²) < 4.78 is 1.99. The minimum Gasteiger partial charge on any atom is -0.306 e. The first-order valence-electron chi connectivity index (χ1n) is 9.27. The van der Waals surface area contributed by atoms with Crippen LogP contribution in [0.1, 0.15) is 48.3 Å². The highest BCUT2D eigenvalue weighted by molar-refractivity contribution is 5.53. The molecule has 26 heavy (non-hydrogen) atoms. The molecule has 0 saturated carbocycles. The van der Waals surface area contributed by atoms with Crippen LogP contribution in [-0.4, -0.2) is 24.7 Å². The summed E-state index contributed by atoms with van der Waals surface area (Å²) in [5.74, 6) is 0.762. The summed E-state index contributed by atoms with van der Waals surface area (Å²) in [5.41, 5.74) is 5.70. The van der Waals surface area contributed by atoms with Gasteiger partial charge >= 0.3 is 0 Å². The molecule has 134 valence electrons. The van der Waals surface area contributed by atoms with Crippen LogP contribution in [0.5, 0.6) is 0 Å². The normalized spacial score (nSPS) is 16.5. The van der Waals surface area contributed by atoms with Gasteiger partial charge in [0.1, 0.15) is 0 Å². The lowest BCUT2D eigenvalue weighted by Gasteiger charge is -2.25. The maximum atomic E-state index is 4.82. The summed E-state index contributed by atoms with van der Waals surface area (Å²) in [6.07, 6.45) is 11.0. The van der Waals surface area contributed by atoms with Gasteiger partial charge in [0.2, 0.25) is 0 Å². The van der Waals surface area contributed by atoms with Crippen LogP contribution in [0.15, 0.2) is 36.9 Å². The Hall–Kier alpha value is -2.60. The van der Waals surface area contributed by atoms with E-state index in [1.54, 1.807) is 6.20 Å². The molecule has 0 radical (unpaired) electrons. The van der Waals surface area contributed by atoms with Crippen molar-refractivity contribution in [3.05, 3.63) is 59.4 Å². The van der Waals surface area contributed by atoms with Crippen LogP contribution < -0.4 is 5.32 Å². The zero-order valence-corrected chi connectivity index (χ0v) is 15.3. The van der Waals surface area contributed by atoms with Gasteiger partial charge in [-0.05, 0) is 45.2 Å². The third kappa shape index (κ3) is 3.37. The SMILES string of the molecule is CCn1cc(CNC2CCCc3nc(-c4cccnc4)ncc32)c(C)n1. The average Bonchev–Trinajstić information content (AvgIpc) is 3.06. The molecule has 3 aromatic rings. The van der Waals surface area contributed by atoms with E-state index in [1.807, 2.05) is 29.2 Å². The van der Waals surface area contributed by atoms with Crippen LogP contribution in [0.2, 0.25) is 0 Å². The van der Waals surface area contributed by atoms with Crippen molar-refractivity contribution in [3.8, 4) is 11.4 Å². The molecular weight excluding hydrogens is 324 g/mol. The second-order valence-corrected chi connectivity index (χ2v) is 6.76. The smallest absolute Gasteiger partial charge is 0.160 e. The Morgan fingerprint density at radius 2 is 2.23 bits per heavy atom. The van der Waals surface area contributed by atoms with Gasteiger partial charge in [0.15, 0.2) is 5.82 Å². The van der Waals surface area contributed by atoms with Gasteiger partial charge in [0.25, 0.3) is 0 Å². The quantitative estimate of drug-likeness (QED) is 0.767. The Kier molecular flexibility index (Phi) is 4.75. The molecule has 1 aliphatic carbocycles. The summed E-state index contributed by atoms with van der Waals surface area (Å²) >= 11 is 0. The van der Waals surface area contributed by atoms with Crippen molar-refractivity contribution in [2.45, 2.75) is 52.2 Å². The predicted molar refractivity (Wildman–Crippen MR) is 100 cm³/mol. The standard InChI is InChI=1S/C20H24N6/c1-3-26-13-16(14(2)25-26)11-22-18-7-4-8-19-17(18)12-23-20(24-19)15-6-5-9-21-10-15/h5-6,9-10,12-13,18,22H,3-4,7-8,11H2,1-2H3. The van der Waals surface area contributed by atoms with Crippen molar-refractivity contribution in [2.24, 2.45) is 0 Å². The molecule has 0 aliphatic heterocycles. The molecule has 1 unspecified atom stereocenters. The van der Waals surface area contributed by atoms with Gasteiger partial charge in [-0.25, -0.2) is 9.97 Å². The molecule has 0 aromatic carbocycles. The van der Waals surface area contributed by atoms with E-state index in [9.17, 15) is 0 Å². The number of pyridine rings is 1. The van der Waals surface area contributed by atoms with E-state index < -0.39 is 0 Å². The molecule has 0 fully saturated rings. The highest BCUT2D eigenvalue weighted by Crippen LogP contribution is 2.29. The molecule has 0 bridgehead atoms. The van der Waals surface area contributed by atoms with E-state index >= 15 is 0 Å². The number of hydrogen-bond donors (Lipinski definition) is 1. The topological polar surface area (TPSA) is 68.5 Å². The number of nitrogens with zero attached hydrogens (tertiary/aromatic N) is 5. The van der Waals surface area contributed by atoms with E-state index in [1.165, 1.54) is 11.1 Å². The number of hydrogen-bond acceptors (Lipinski definition) is 5. The van der Waals surface area contributed by atoms with Crippen LogP contribution in [0, 0.1) is 6.92 Å². The lowest BCUT2D eigenvalue weighted by molar-refractivity contribution is 0.452. The zero-order valence-electron chi connectivity index (χ0n) is 15.3. The minimum atomic E-state index is 0.297. The number of rotatable bonds is 5. The number of fused-ring (bicyclic) bond motifs is 1. The van der Waals surface area contributed by atoms with E-state index in [0.29, 0.717) is 6.04 Å². The highest BCUT2D eigenvalue weighted by atomic mass is 15.3. The summed E-state index contributed by atoms with van der Waals surface area (Å²) in [6, 6.07) is 4.22. The van der Waals surface area contributed by atoms with Crippen molar-refractivity contribution in [1.82, 2.24) is 30.0 Å². The maximum Gasteiger partial charge on any atom is 0.160 e. The summed E-state index contributed by atoms with van der Waals surface area (Å²) in [5, 5.41) is 8.21. The predicted octanol–water partition coefficient (Wildman–Crippen LogP) is 3.23. The van der Waals surface area contributed by atoms with E-state index in [4.69, 9.17) is 4.98 Å². The van der Waals surface area contributed by atoms with Gasteiger partial charge in [-0.15, -0.1) is 0 Å². The molecule has 4 rings (SSSR count). The Balaban J connectivity index is 1.53. The number of nitrogens with one attached hydrogen (secondary N) is 1. The van der Waals surface area contributed by atoms with Crippen LogP contribution in [-0.2, 0) is 19.5 Å². The summed E-state index contributed by atoms with van der Waals surface area (Å²) in [4.78, 5) is 13.6. The molecule has 6 nitrogen and oxygen atoms in total. The summed E-state index contributed by atoms with van der Waals surface area (Å²) in [6.45, 7) is 5.90. The monoisotopic (exact) mass is 348 g/mol. The fourth-order valence-electron chi connectivity index (χ4n) is 3.52. The van der Waals surface area contributed by atoms with Gasteiger partial charge < -0.3 is 5.32 Å². The van der Waals surface area contributed by atoms with Gasteiger partial charge in [-0.1, -0.05) is 0 Å². The Morgan fingerprint density at radius 1 is 1.31 bits per heavy atom. The number of aromatic nitrogens is 5. The average molecular weight is 348 g/mol. The maximum absolute atomic E-state index is 4.82. The van der Waals surface area contributed by atoms with Crippen molar-refractivity contribution >= 4 is 0 Å². The first kappa shape index (κ1) is 16.8.